The zero-order valence-corrected chi connectivity index (χ0v) is 12.7. The maximum Gasteiger partial charge on any atom is 0.221 e. The summed E-state index contributed by atoms with van der Waals surface area (Å²) in [5, 5.41) is 16.3. The molecule has 1 aromatic rings. The molecule has 4 nitrogen and oxygen atoms in total. The van der Waals surface area contributed by atoms with Gasteiger partial charge in [-0.1, -0.05) is 20.8 Å². The summed E-state index contributed by atoms with van der Waals surface area (Å²) >= 11 is 1.53. The van der Waals surface area contributed by atoms with Crippen molar-refractivity contribution in [2.45, 2.75) is 45.8 Å². The number of thiophene rings is 1. The topological polar surface area (TPSA) is 75.4 Å². The fourth-order valence-electron chi connectivity index (χ4n) is 1.96. The Morgan fingerprint density at radius 2 is 2.21 bits per heavy atom. The van der Waals surface area contributed by atoms with Crippen LogP contribution in [0.3, 0.4) is 0 Å². The van der Waals surface area contributed by atoms with Crippen molar-refractivity contribution < 1.29 is 9.90 Å². The average molecular weight is 284 g/mol. The third kappa shape index (κ3) is 6.71. The van der Waals surface area contributed by atoms with Gasteiger partial charge in [0.25, 0.3) is 0 Å². The molecular formula is C14H24N2O2S. The molecule has 1 amide bonds. The lowest BCUT2D eigenvalue weighted by Crippen LogP contribution is -2.35. The highest BCUT2D eigenvalue weighted by molar-refractivity contribution is 7.07. The van der Waals surface area contributed by atoms with E-state index < -0.39 is 6.10 Å². The molecule has 1 rings (SSSR count). The molecule has 0 aliphatic carbocycles. The van der Waals surface area contributed by atoms with Gasteiger partial charge in [0, 0.05) is 19.0 Å². The van der Waals surface area contributed by atoms with E-state index in [1.807, 2.05) is 16.8 Å². The number of nitrogens with two attached hydrogens (primary N) is 1. The van der Waals surface area contributed by atoms with Gasteiger partial charge in [-0.15, -0.1) is 0 Å². The lowest BCUT2D eigenvalue weighted by molar-refractivity contribution is -0.122. The van der Waals surface area contributed by atoms with Crippen LogP contribution in [0.2, 0.25) is 0 Å². The van der Waals surface area contributed by atoms with Gasteiger partial charge >= 0.3 is 0 Å². The molecule has 1 heterocycles. The van der Waals surface area contributed by atoms with Gasteiger partial charge in [0.1, 0.15) is 0 Å². The van der Waals surface area contributed by atoms with Crippen LogP contribution in [0.1, 0.15) is 45.3 Å². The molecule has 19 heavy (non-hydrogen) atoms. The smallest absolute Gasteiger partial charge is 0.221 e. The normalized spacial score (nSPS) is 15.0. The standard InChI is InChI=1S/C14H24N2O2S/c1-14(2,3)7-11(15)6-13(18)16-8-12(17)10-4-5-19-9-10/h4-5,9,11-12,17H,6-8,15H2,1-3H3,(H,16,18). The molecule has 0 radical (unpaired) electrons. The van der Waals surface area contributed by atoms with Crippen molar-refractivity contribution in [3.05, 3.63) is 22.4 Å². The molecule has 4 N–H and O–H groups in total. The molecule has 0 saturated carbocycles. The Bertz CT molecular complexity index is 385. The molecule has 2 unspecified atom stereocenters. The zero-order valence-electron chi connectivity index (χ0n) is 11.8. The van der Waals surface area contributed by atoms with E-state index in [-0.39, 0.29) is 23.9 Å². The average Bonchev–Trinajstić information content (AvgIpc) is 2.76. The first-order chi connectivity index (χ1) is 8.78. The highest BCUT2D eigenvalue weighted by Crippen LogP contribution is 2.21. The molecule has 5 heteroatoms. The maximum atomic E-state index is 11.7. The molecule has 0 fully saturated rings. The monoisotopic (exact) mass is 284 g/mol. The van der Waals surface area contributed by atoms with Crippen molar-refractivity contribution in [3.8, 4) is 0 Å². The number of hydrogen-bond acceptors (Lipinski definition) is 4. The first-order valence-electron chi connectivity index (χ1n) is 6.50. The number of carbonyl (C=O) groups excluding carboxylic acids is 1. The summed E-state index contributed by atoms with van der Waals surface area (Å²) in [6, 6.07) is 1.71. The minimum atomic E-state index is -0.644. The van der Waals surface area contributed by atoms with Crippen molar-refractivity contribution in [2.75, 3.05) is 6.54 Å². The van der Waals surface area contributed by atoms with Crippen LogP contribution in [0.25, 0.3) is 0 Å². The molecule has 108 valence electrons. The minimum absolute atomic E-state index is 0.106. The summed E-state index contributed by atoms with van der Waals surface area (Å²) in [6.07, 6.45) is 0.454. The van der Waals surface area contributed by atoms with Crippen molar-refractivity contribution >= 4 is 17.2 Å². The summed E-state index contributed by atoms with van der Waals surface area (Å²) in [4.78, 5) is 11.7. The molecule has 0 spiro atoms. The second-order valence-corrected chi connectivity index (χ2v) is 6.89. The Balaban J connectivity index is 2.28. The first kappa shape index (κ1) is 16.1. The van der Waals surface area contributed by atoms with Crippen LogP contribution in [-0.2, 0) is 4.79 Å². The summed E-state index contributed by atoms with van der Waals surface area (Å²) < 4.78 is 0. The Morgan fingerprint density at radius 1 is 1.53 bits per heavy atom. The van der Waals surface area contributed by atoms with Crippen LogP contribution < -0.4 is 11.1 Å². The van der Waals surface area contributed by atoms with E-state index in [0.29, 0.717) is 6.42 Å². The van der Waals surface area contributed by atoms with Crippen molar-refractivity contribution in [1.82, 2.24) is 5.32 Å². The maximum absolute atomic E-state index is 11.7. The Morgan fingerprint density at radius 3 is 2.74 bits per heavy atom. The SMILES string of the molecule is CC(C)(C)CC(N)CC(=O)NCC(O)c1ccsc1. The number of carbonyl (C=O) groups is 1. The van der Waals surface area contributed by atoms with Crippen molar-refractivity contribution in [1.29, 1.82) is 0 Å². The number of aliphatic hydroxyl groups excluding tert-OH is 1. The predicted molar refractivity (Wildman–Crippen MR) is 79.0 cm³/mol. The molecule has 0 aromatic carbocycles. The second-order valence-electron chi connectivity index (χ2n) is 6.11. The van der Waals surface area contributed by atoms with E-state index in [1.54, 1.807) is 0 Å². The van der Waals surface area contributed by atoms with E-state index in [2.05, 4.69) is 26.1 Å². The lowest BCUT2D eigenvalue weighted by Gasteiger charge is -2.22. The highest BCUT2D eigenvalue weighted by Gasteiger charge is 2.18. The van der Waals surface area contributed by atoms with Crippen LogP contribution in [0.5, 0.6) is 0 Å². The highest BCUT2D eigenvalue weighted by atomic mass is 32.1. The largest absolute Gasteiger partial charge is 0.387 e. The van der Waals surface area contributed by atoms with Gasteiger partial charge in [0.2, 0.25) is 5.91 Å². The van der Waals surface area contributed by atoms with E-state index in [1.165, 1.54) is 11.3 Å². The Labute approximate surface area is 119 Å². The van der Waals surface area contributed by atoms with Crippen LogP contribution in [0, 0.1) is 5.41 Å². The summed E-state index contributed by atoms with van der Waals surface area (Å²) in [7, 11) is 0. The number of amides is 1. The zero-order chi connectivity index (χ0) is 14.5. The van der Waals surface area contributed by atoms with Crippen LogP contribution >= 0.6 is 11.3 Å². The fraction of sp³-hybridized carbons (Fsp3) is 0.643. The molecule has 0 aliphatic heterocycles. The van der Waals surface area contributed by atoms with E-state index in [4.69, 9.17) is 5.73 Å². The van der Waals surface area contributed by atoms with Crippen LogP contribution in [0.15, 0.2) is 16.8 Å². The van der Waals surface area contributed by atoms with Crippen molar-refractivity contribution in [3.63, 3.8) is 0 Å². The first-order valence-corrected chi connectivity index (χ1v) is 7.44. The molecule has 1 aromatic heterocycles. The predicted octanol–water partition coefficient (Wildman–Crippen LogP) is 2.05. The van der Waals surface area contributed by atoms with E-state index in [9.17, 15) is 9.90 Å². The van der Waals surface area contributed by atoms with Gasteiger partial charge in [0.05, 0.1) is 6.10 Å². The van der Waals surface area contributed by atoms with Gasteiger partial charge in [-0.05, 0) is 34.2 Å². The van der Waals surface area contributed by atoms with Gasteiger partial charge in [0.15, 0.2) is 0 Å². The van der Waals surface area contributed by atoms with Gasteiger partial charge < -0.3 is 16.2 Å². The molecule has 0 bridgehead atoms. The van der Waals surface area contributed by atoms with Crippen LogP contribution in [-0.4, -0.2) is 23.6 Å². The minimum Gasteiger partial charge on any atom is -0.387 e. The molecule has 2 atom stereocenters. The second kappa shape index (κ2) is 7.03. The van der Waals surface area contributed by atoms with Crippen LogP contribution in [0.4, 0.5) is 0 Å². The number of rotatable bonds is 6. The molecule has 0 saturated heterocycles. The number of nitrogens with one attached hydrogen (secondary N) is 1. The van der Waals surface area contributed by atoms with E-state index >= 15 is 0 Å². The Kier molecular flexibility index (Phi) is 5.97. The number of hydrogen-bond donors (Lipinski definition) is 3. The van der Waals surface area contributed by atoms with Gasteiger partial charge in [-0.25, -0.2) is 0 Å². The summed E-state index contributed by atoms with van der Waals surface area (Å²) in [5.41, 5.74) is 6.90. The lowest BCUT2D eigenvalue weighted by atomic mass is 9.87. The third-order valence-electron chi connectivity index (χ3n) is 2.74. The van der Waals surface area contributed by atoms with Crippen molar-refractivity contribution in [2.24, 2.45) is 11.1 Å². The van der Waals surface area contributed by atoms with Gasteiger partial charge in [-0.3, -0.25) is 4.79 Å². The third-order valence-corrected chi connectivity index (χ3v) is 3.44. The van der Waals surface area contributed by atoms with Gasteiger partial charge in [-0.2, -0.15) is 11.3 Å². The quantitative estimate of drug-likeness (QED) is 0.748. The number of aliphatic hydroxyl groups is 1. The Hall–Kier alpha value is -0.910. The van der Waals surface area contributed by atoms with E-state index in [0.717, 1.165) is 12.0 Å². The summed E-state index contributed by atoms with van der Waals surface area (Å²) in [5.74, 6) is -0.106. The molecular weight excluding hydrogens is 260 g/mol. The summed E-state index contributed by atoms with van der Waals surface area (Å²) in [6.45, 7) is 6.54. The fourth-order valence-corrected chi connectivity index (χ4v) is 2.67. The molecule has 0 aliphatic rings.